The van der Waals surface area contributed by atoms with Crippen molar-refractivity contribution in [1.29, 1.82) is 0 Å². The summed E-state index contributed by atoms with van der Waals surface area (Å²) in [5.41, 5.74) is 8.61. The third-order valence-corrected chi connectivity index (χ3v) is 4.12. The lowest BCUT2D eigenvalue weighted by Crippen LogP contribution is -2.63. The van der Waals surface area contributed by atoms with Gasteiger partial charge in [0.15, 0.2) is 12.6 Å². The minimum absolute atomic E-state index is 0.637. The van der Waals surface area contributed by atoms with Crippen LogP contribution in [0.5, 0.6) is 0 Å². The molecule has 2 fully saturated rings. The average Bonchev–Trinajstić information content (AvgIpc) is 2.55. The van der Waals surface area contributed by atoms with E-state index in [-0.39, 0.29) is 0 Å². The smallest absolute Gasteiger partial charge is 0.183 e. The van der Waals surface area contributed by atoms with E-state index in [0.29, 0.717) is 0 Å². The Morgan fingerprint density at radius 3 is 2.29 bits per heavy atom. The fraction of sp³-hybridized carbons (Fsp3) is 1.00. The number of ether oxygens (including phenoxy) is 3. The molecule has 0 radical (unpaired) electrons. The van der Waals surface area contributed by atoms with Crippen LogP contribution in [0.3, 0.4) is 0 Å². The van der Waals surface area contributed by atoms with Crippen LogP contribution in [0.15, 0.2) is 5.11 Å². The van der Waals surface area contributed by atoms with Gasteiger partial charge in [-0.3, -0.25) is 0 Å². The van der Waals surface area contributed by atoms with Crippen molar-refractivity contribution >= 4 is 0 Å². The normalized spacial score (nSPS) is 49.5. The van der Waals surface area contributed by atoms with Crippen LogP contribution in [-0.2, 0) is 14.2 Å². The molecular formula is C12H21N3O9. The van der Waals surface area contributed by atoms with Crippen LogP contribution in [-0.4, -0.2) is 98.6 Å². The Morgan fingerprint density at radius 2 is 1.71 bits per heavy atom. The van der Waals surface area contributed by atoms with Crippen molar-refractivity contribution in [1.82, 2.24) is 0 Å². The van der Waals surface area contributed by atoms with Gasteiger partial charge in [0.1, 0.15) is 36.6 Å². The molecule has 10 atom stereocenters. The minimum Gasteiger partial charge on any atom is -0.394 e. The number of nitrogens with zero attached hydrogens (tertiary/aromatic N) is 3. The summed E-state index contributed by atoms with van der Waals surface area (Å²) in [5.74, 6) is 0. The Balaban J connectivity index is 2.19. The van der Waals surface area contributed by atoms with Crippen LogP contribution in [0.4, 0.5) is 0 Å². The third kappa shape index (κ3) is 3.63. The van der Waals surface area contributed by atoms with Gasteiger partial charge in [-0.15, -0.1) is 0 Å². The van der Waals surface area contributed by atoms with Gasteiger partial charge in [0.25, 0.3) is 0 Å². The van der Waals surface area contributed by atoms with Gasteiger partial charge >= 0.3 is 0 Å². The van der Waals surface area contributed by atoms with Gasteiger partial charge in [-0.05, 0) is 12.5 Å². The molecule has 2 saturated heterocycles. The fourth-order valence-corrected chi connectivity index (χ4v) is 2.73. The molecule has 0 saturated carbocycles. The van der Waals surface area contributed by atoms with E-state index in [1.165, 1.54) is 6.92 Å². The van der Waals surface area contributed by atoms with E-state index in [9.17, 15) is 30.6 Å². The summed E-state index contributed by atoms with van der Waals surface area (Å²) in [6, 6.07) is -1.36. The summed E-state index contributed by atoms with van der Waals surface area (Å²) in [7, 11) is 0. The summed E-state index contributed by atoms with van der Waals surface area (Å²) in [6.45, 7) is 0.824. The van der Waals surface area contributed by atoms with Crippen LogP contribution in [0.1, 0.15) is 6.92 Å². The van der Waals surface area contributed by atoms with Gasteiger partial charge < -0.3 is 44.8 Å². The van der Waals surface area contributed by atoms with Crippen molar-refractivity contribution in [3.05, 3.63) is 10.4 Å². The summed E-state index contributed by atoms with van der Waals surface area (Å²) >= 11 is 0. The van der Waals surface area contributed by atoms with E-state index in [1.54, 1.807) is 0 Å². The van der Waals surface area contributed by atoms with Crippen LogP contribution in [0, 0.1) is 0 Å². The zero-order chi connectivity index (χ0) is 18.0. The molecule has 2 aliphatic rings. The van der Waals surface area contributed by atoms with E-state index < -0.39 is 68.0 Å². The average molecular weight is 351 g/mol. The molecule has 2 rings (SSSR count). The minimum atomic E-state index is -1.64. The first kappa shape index (κ1) is 19.3. The first-order valence-corrected chi connectivity index (χ1v) is 7.33. The number of rotatable bonds is 4. The van der Waals surface area contributed by atoms with E-state index >= 15 is 0 Å². The Labute approximate surface area is 136 Å². The van der Waals surface area contributed by atoms with Gasteiger partial charge in [0.05, 0.1) is 18.8 Å². The molecule has 6 N–H and O–H groups in total. The summed E-state index contributed by atoms with van der Waals surface area (Å²) in [4.78, 5) is 2.55. The SMILES string of the molecule is C[C@@H]1O[C@@H](O)[C@H](O)[C@H](O)[C@H]1O[C@@H]1O[C@H](CO)[C@@H](O)[C@H](O)[C@@H]1N=[N+]=[N-]. The van der Waals surface area contributed by atoms with Gasteiger partial charge in [-0.1, -0.05) is 5.11 Å². The van der Waals surface area contributed by atoms with E-state index in [1.807, 2.05) is 0 Å². The highest BCUT2D eigenvalue weighted by atomic mass is 16.7. The fourth-order valence-electron chi connectivity index (χ4n) is 2.73. The topological polar surface area (TPSA) is 198 Å². The van der Waals surface area contributed by atoms with Crippen molar-refractivity contribution in [3.8, 4) is 0 Å². The number of aliphatic hydroxyl groups excluding tert-OH is 6. The van der Waals surface area contributed by atoms with E-state index in [4.69, 9.17) is 19.7 Å². The first-order chi connectivity index (χ1) is 11.3. The number of azide groups is 1. The summed E-state index contributed by atoms with van der Waals surface area (Å²) in [5, 5.41) is 61.5. The van der Waals surface area contributed by atoms with Gasteiger partial charge in [0.2, 0.25) is 0 Å². The van der Waals surface area contributed by atoms with Crippen LogP contribution in [0.25, 0.3) is 10.4 Å². The van der Waals surface area contributed by atoms with Crippen molar-refractivity contribution in [2.45, 2.75) is 68.3 Å². The second kappa shape index (κ2) is 7.89. The molecular weight excluding hydrogens is 330 g/mol. The zero-order valence-electron chi connectivity index (χ0n) is 12.7. The predicted octanol–water partition coefficient (Wildman–Crippen LogP) is -3.05. The molecule has 0 spiro atoms. The molecule has 0 aromatic carbocycles. The standard InChI is InChI=1S/C12H21N3O9/c1-3-10(8(19)9(20)11(21)22-3)24-12-5(14-15-13)7(18)6(17)4(2-16)23-12/h3-12,16-21H,2H2,1H3/t3-,4+,5-,6+,7+,8-,9+,10-,11+,12-/m0/s1. The van der Waals surface area contributed by atoms with Crippen LogP contribution >= 0.6 is 0 Å². The number of hydrogen-bond donors (Lipinski definition) is 6. The van der Waals surface area contributed by atoms with Crippen molar-refractivity contribution < 1.29 is 44.8 Å². The molecule has 2 aliphatic heterocycles. The number of hydrogen-bond acceptors (Lipinski definition) is 10. The van der Waals surface area contributed by atoms with Crippen LogP contribution in [0.2, 0.25) is 0 Å². The Morgan fingerprint density at radius 1 is 1.04 bits per heavy atom. The van der Waals surface area contributed by atoms with E-state index in [0.717, 1.165) is 0 Å². The van der Waals surface area contributed by atoms with Gasteiger partial charge in [-0.25, -0.2) is 0 Å². The Kier molecular flexibility index (Phi) is 6.33. The highest BCUT2D eigenvalue weighted by molar-refractivity contribution is 4.95. The molecule has 12 nitrogen and oxygen atoms in total. The largest absolute Gasteiger partial charge is 0.394 e. The monoisotopic (exact) mass is 351 g/mol. The molecule has 0 aromatic rings. The Bertz CT molecular complexity index is 477. The first-order valence-electron chi connectivity index (χ1n) is 7.33. The molecule has 24 heavy (non-hydrogen) atoms. The van der Waals surface area contributed by atoms with Gasteiger partial charge in [0, 0.05) is 4.91 Å². The maximum absolute atomic E-state index is 10.0. The van der Waals surface area contributed by atoms with Crippen molar-refractivity contribution in [3.63, 3.8) is 0 Å². The van der Waals surface area contributed by atoms with Crippen molar-refractivity contribution in [2.24, 2.45) is 5.11 Å². The van der Waals surface area contributed by atoms with E-state index in [2.05, 4.69) is 10.0 Å². The lowest BCUT2D eigenvalue weighted by atomic mass is 9.96. The predicted molar refractivity (Wildman–Crippen MR) is 74.1 cm³/mol. The molecule has 0 amide bonds. The quantitative estimate of drug-likeness (QED) is 0.173. The molecule has 0 aromatic heterocycles. The maximum Gasteiger partial charge on any atom is 0.183 e. The molecule has 0 unspecified atom stereocenters. The Hall–Kier alpha value is -1.05. The van der Waals surface area contributed by atoms with Gasteiger partial charge in [-0.2, -0.15) is 0 Å². The molecule has 0 bridgehead atoms. The summed E-state index contributed by atoms with van der Waals surface area (Å²) < 4.78 is 15.8. The molecule has 0 aliphatic carbocycles. The molecule has 12 heteroatoms. The third-order valence-electron chi connectivity index (χ3n) is 4.12. The highest BCUT2D eigenvalue weighted by Crippen LogP contribution is 2.29. The lowest BCUT2D eigenvalue weighted by molar-refractivity contribution is -0.334. The second-order valence-electron chi connectivity index (χ2n) is 5.72. The molecule has 138 valence electrons. The maximum atomic E-state index is 10.0. The summed E-state index contributed by atoms with van der Waals surface area (Å²) in [6.07, 6.45) is -12.6. The lowest BCUT2D eigenvalue weighted by Gasteiger charge is -2.45. The zero-order valence-corrected chi connectivity index (χ0v) is 12.7. The van der Waals surface area contributed by atoms with Crippen LogP contribution < -0.4 is 0 Å². The number of aliphatic hydroxyl groups is 6. The molecule has 2 heterocycles. The van der Waals surface area contributed by atoms with Crippen molar-refractivity contribution in [2.75, 3.05) is 6.61 Å². The second-order valence-corrected chi connectivity index (χ2v) is 5.72. The highest BCUT2D eigenvalue weighted by Gasteiger charge is 2.49.